The van der Waals surface area contributed by atoms with E-state index in [0.717, 1.165) is 58.3 Å². The molecule has 3 aromatic carbocycles. The molecule has 0 amide bonds. The second-order valence-electron chi connectivity index (χ2n) is 18.2. The molecule has 2 unspecified atom stereocenters. The first kappa shape index (κ1) is 36.3. The Labute approximate surface area is 332 Å². The normalized spacial score (nSPS) is 16.8. The first-order chi connectivity index (χ1) is 26.8. The second kappa shape index (κ2) is 13.4. The van der Waals surface area contributed by atoms with Gasteiger partial charge in [-0.3, -0.25) is 0 Å². The van der Waals surface area contributed by atoms with Gasteiger partial charge in [0.1, 0.15) is 0 Å². The van der Waals surface area contributed by atoms with Crippen LogP contribution in [0.15, 0.2) is 108 Å². The average Bonchev–Trinajstić information content (AvgIpc) is 3.54. The van der Waals surface area contributed by atoms with E-state index in [0.29, 0.717) is 17.5 Å². The Hall–Kier alpha value is -5.35. The number of hydrogen-bond donors (Lipinski definition) is 0. The fourth-order valence-corrected chi connectivity index (χ4v) is 9.98. The zero-order valence-corrected chi connectivity index (χ0v) is 34.6. The van der Waals surface area contributed by atoms with Gasteiger partial charge in [0.15, 0.2) is 29.7 Å². The van der Waals surface area contributed by atoms with Gasteiger partial charge in [-0.15, -0.1) is 0 Å². The third kappa shape index (κ3) is 5.83. The topological polar surface area (TPSA) is 33.8 Å². The monoisotopic (exact) mass is 737 g/mol. The summed E-state index contributed by atoms with van der Waals surface area (Å²) in [5.41, 5.74) is 19.0. The number of fused-ring (bicyclic) bond motifs is 13. The zero-order valence-electron chi connectivity index (χ0n) is 34.6. The van der Waals surface area contributed by atoms with E-state index in [9.17, 15) is 0 Å². The number of nitrogens with zero attached hydrogens (tertiary/aromatic N) is 3. The molecule has 2 aliphatic rings. The minimum Gasteiger partial charge on any atom is -0.437 e. The van der Waals surface area contributed by atoms with Gasteiger partial charge < -0.3 is 4.42 Å². The number of benzene rings is 3. The van der Waals surface area contributed by atoms with E-state index in [1.54, 1.807) is 0 Å². The molecule has 9 rings (SSSR count). The molecule has 0 bridgehead atoms. The first-order valence-electron chi connectivity index (χ1n) is 20.6. The molecule has 4 aromatic heterocycles. The second-order valence-corrected chi connectivity index (χ2v) is 18.2. The van der Waals surface area contributed by atoms with E-state index in [-0.39, 0.29) is 17.4 Å². The van der Waals surface area contributed by atoms with E-state index in [4.69, 9.17) is 16.0 Å². The molecule has 0 saturated heterocycles. The van der Waals surface area contributed by atoms with Crippen LogP contribution < -0.4 is 9.13 Å². The molecule has 6 heterocycles. The molecule has 0 fully saturated rings. The molecule has 7 aromatic rings. The summed E-state index contributed by atoms with van der Waals surface area (Å²) in [6.07, 6.45) is 7.46. The van der Waals surface area contributed by atoms with Crippen LogP contribution in [-0.4, -0.2) is 4.98 Å². The lowest BCUT2D eigenvalue weighted by atomic mass is 9.77. The molecular weight excluding hydrogens is 683 g/mol. The van der Waals surface area contributed by atoms with Crippen LogP contribution in [0.4, 0.5) is 0 Å². The van der Waals surface area contributed by atoms with E-state index < -0.39 is 0 Å². The number of rotatable bonds is 3. The van der Waals surface area contributed by atoms with Crippen LogP contribution in [0.25, 0.3) is 61.5 Å². The highest BCUT2D eigenvalue weighted by Gasteiger charge is 2.43. The van der Waals surface area contributed by atoms with Gasteiger partial charge in [0.25, 0.3) is 0 Å². The van der Waals surface area contributed by atoms with Crippen molar-refractivity contribution in [1.29, 1.82) is 0 Å². The maximum absolute atomic E-state index is 7.10. The maximum Gasteiger partial charge on any atom is 0.227 e. The van der Waals surface area contributed by atoms with Crippen LogP contribution in [0, 0.1) is 13.8 Å². The minimum absolute atomic E-state index is 0.0434. The van der Waals surface area contributed by atoms with Gasteiger partial charge in [-0.1, -0.05) is 97.0 Å². The van der Waals surface area contributed by atoms with Crippen molar-refractivity contribution >= 4 is 27.8 Å². The molecule has 4 nitrogen and oxygen atoms in total. The van der Waals surface area contributed by atoms with Crippen LogP contribution in [0.3, 0.4) is 0 Å². The molecule has 56 heavy (non-hydrogen) atoms. The van der Waals surface area contributed by atoms with Crippen molar-refractivity contribution in [2.45, 2.75) is 111 Å². The van der Waals surface area contributed by atoms with Gasteiger partial charge >= 0.3 is 0 Å². The summed E-state index contributed by atoms with van der Waals surface area (Å²) in [7, 11) is 0. The minimum atomic E-state index is -0.0434. The van der Waals surface area contributed by atoms with Gasteiger partial charge in [-0.05, 0) is 96.2 Å². The maximum atomic E-state index is 7.10. The largest absolute Gasteiger partial charge is 0.437 e. The van der Waals surface area contributed by atoms with E-state index in [2.05, 4.69) is 169 Å². The molecule has 282 valence electrons. The summed E-state index contributed by atoms with van der Waals surface area (Å²) >= 11 is 0. The number of aromatic nitrogens is 3. The number of aryl methyl sites for hydroxylation is 3. The first-order valence-corrected chi connectivity index (χ1v) is 20.6. The number of allylic oxidation sites excluding steroid dienone is 1. The lowest BCUT2D eigenvalue weighted by Crippen LogP contribution is -2.49. The number of hydrogen-bond acceptors (Lipinski definition) is 2. The molecule has 0 radical (unpaired) electrons. The Bertz CT molecular complexity index is 2690. The Morgan fingerprint density at radius 3 is 2.25 bits per heavy atom. The van der Waals surface area contributed by atoms with Crippen molar-refractivity contribution in [2.24, 2.45) is 0 Å². The van der Waals surface area contributed by atoms with Crippen molar-refractivity contribution < 1.29 is 13.6 Å². The lowest BCUT2D eigenvalue weighted by molar-refractivity contribution is -0.719. The molecule has 4 heteroatoms. The Morgan fingerprint density at radius 2 is 1.52 bits per heavy atom. The highest BCUT2D eigenvalue weighted by Crippen LogP contribution is 2.46. The quantitative estimate of drug-likeness (QED) is 0.169. The van der Waals surface area contributed by atoms with Gasteiger partial charge in [-0.2, -0.15) is 9.13 Å². The van der Waals surface area contributed by atoms with Crippen LogP contribution in [0.1, 0.15) is 124 Å². The van der Waals surface area contributed by atoms with Crippen LogP contribution >= 0.6 is 0 Å². The van der Waals surface area contributed by atoms with Crippen molar-refractivity contribution in [1.82, 2.24) is 4.98 Å². The van der Waals surface area contributed by atoms with E-state index in [1.165, 1.54) is 55.8 Å². The standard InChI is InChI=1S/C52H55N3O/c1-30(2)36-16-13-17-37(31(3)4)49(36)44-23-22-41-40-21-19-35-20-25-46-42(38-14-11-12-15-39(38)45-24-18-32(5)28-55(45)46)26-34(7)54-29-33(6)43(52(8,9)10)27-47(54)48(35)50(40)56-51(41)53-44/h11-19,21-24,27-31,42,46H,7,20,25-26H2,1-6,8-10H3/q+2. The molecule has 0 N–H and O–H groups in total. The molecule has 2 atom stereocenters. The van der Waals surface area contributed by atoms with Gasteiger partial charge in [0.2, 0.25) is 17.1 Å². The summed E-state index contributed by atoms with van der Waals surface area (Å²) in [5, 5.41) is 2.15. The summed E-state index contributed by atoms with van der Waals surface area (Å²) in [5.74, 6) is 1.03. The summed E-state index contributed by atoms with van der Waals surface area (Å²) in [6.45, 7) is 25.4. The van der Waals surface area contributed by atoms with Crippen molar-refractivity contribution in [3.05, 3.63) is 143 Å². The predicted octanol–water partition coefficient (Wildman–Crippen LogP) is 12.9. The Kier molecular flexibility index (Phi) is 8.68. The fraction of sp³-hybridized carbons (Fsp3) is 0.327. The fourth-order valence-electron chi connectivity index (χ4n) is 9.98. The van der Waals surface area contributed by atoms with Gasteiger partial charge in [0.05, 0.1) is 17.2 Å². The zero-order chi connectivity index (χ0) is 39.2. The third-order valence-electron chi connectivity index (χ3n) is 12.7. The van der Waals surface area contributed by atoms with Gasteiger partial charge in [-0.25, -0.2) is 4.98 Å². The van der Waals surface area contributed by atoms with Gasteiger partial charge in [0, 0.05) is 58.0 Å². The summed E-state index contributed by atoms with van der Waals surface area (Å²) < 4.78 is 12.1. The SMILES string of the molecule is C=C1CC2c3ccccc3-c3ccc(C)c[n+]3C2CCc2ccc3c(oc4nc(-c5c(C(C)C)cccc5C(C)C)ccc43)c2-c2cc(C(C)(C)C)c(C)c[n+]21. The van der Waals surface area contributed by atoms with Crippen molar-refractivity contribution in [3.63, 3.8) is 0 Å². The predicted molar refractivity (Wildman–Crippen MR) is 231 cm³/mol. The highest BCUT2D eigenvalue weighted by molar-refractivity contribution is 6.09. The highest BCUT2D eigenvalue weighted by atomic mass is 16.3. The molecular formula is C52H55N3O+2. The molecule has 0 saturated carbocycles. The third-order valence-corrected chi connectivity index (χ3v) is 12.7. The molecule has 2 aliphatic heterocycles. The lowest BCUT2D eigenvalue weighted by Gasteiger charge is -2.31. The molecule has 0 aliphatic carbocycles. The van der Waals surface area contributed by atoms with E-state index >= 15 is 0 Å². The summed E-state index contributed by atoms with van der Waals surface area (Å²) in [4.78, 5) is 5.35. The smallest absolute Gasteiger partial charge is 0.227 e. The van der Waals surface area contributed by atoms with Crippen LogP contribution in [0.5, 0.6) is 0 Å². The Balaban J connectivity index is 1.29. The van der Waals surface area contributed by atoms with E-state index in [1.807, 2.05) is 0 Å². The average molecular weight is 738 g/mol. The van der Waals surface area contributed by atoms with Crippen molar-refractivity contribution in [2.75, 3.05) is 0 Å². The van der Waals surface area contributed by atoms with Crippen LogP contribution in [-0.2, 0) is 11.8 Å². The van der Waals surface area contributed by atoms with Crippen molar-refractivity contribution in [3.8, 4) is 33.8 Å². The molecule has 0 spiro atoms. The summed E-state index contributed by atoms with van der Waals surface area (Å²) in [6, 6.07) is 32.1. The number of pyridine rings is 3. The Morgan fingerprint density at radius 1 is 0.786 bits per heavy atom. The number of furan rings is 1. The van der Waals surface area contributed by atoms with Crippen LogP contribution in [0.2, 0.25) is 0 Å².